The average molecular weight is 288 g/mol. The predicted molar refractivity (Wildman–Crippen MR) is 81.2 cm³/mol. The molecular weight excluding hydrogens is 260 g/mol. The van der Waals surface area contributed by atoms with Crippen molar-refractivity contribution in [3.05, 3.63) is 0 Å². The van der Waals surface area contributed by atoms with Crippen LogP contribution in [0.2, 0.25) is 0 Å². The number of aliphatic hydroxyl groups excluding tert-OH is 1. The number of nitrogens with two attached hydrogens (primary N) is 1. The van der Waals surface area contributed by atoms with Crippen LogP contribution in [0.3, 0.4) is 0 Å². The molecule has 1 rings (SSSR count). The van der Waals surface area contributed by atoms with Crippen LogP contribution in [0.15, 0.2) is 0 Å². The van der Waals surface area contributed by atoms with Gasteiger partial charge in [0, 0.05) is 12.6 Å². The summed E-state index contributed by atoms with van der Waals surface area (Å²) in [6, 6.07) is 0.497. The first-order valence-corrected chi connectivity index (χ1v) is 8.39. The molecule has 5 heteroatoms. The summed E-state index contributed by atoms with van der Waals surface area (Å²) in [6.45, 7) is 4.24. The largest absolute Gasteiger partial charge is 0.396 e. The first-order chi connectivity index (χ1) is 8.98. The smallest absolute Gasteiger partial charge is 0.237 e. The minimum atomic E-state index is -0.537. The molecule has 0 radical (unpaired) electrons. The Morgan fingerprint density at radius 3 is 2.74 bits per heavy atom. The van der Waals surface area contributed by atoms with Gasteiger partial charge in [0.05, 0.1) is 5.54 Å². The van der Waals surface area contributed by atoms with Gasteiger partial charge in [0.2, 0.25) is 5.91 Å². The van der Waals surface area contributed by atoms with Crippen LogP contribution in [0, 0.1) is 5.92 Å². The molecule has 0 aromatic heterocycles. The second-order valence-electron chi connectivity index (χ2n) is 5.93. The normalized spacial score (nSPS) is 19.9. The van der Waals surface area contributed by atoms with Gasteiger partial charge in [-0.2, -0.15) is 11.8 Å². The minimum absolute atomic E-state index is 0.235. The maximum atomic E-state index is 11.6. The van der Waals surface area contributed by atoms with Crippen molar-refractivity contribution in [3.63, 3.8) is 0 Å². The van der Waals surface area contributed by atoms with Crippen molar-refractivity contribution < 1.29 is 9.90 Å². The number of aliphatic hydroxyl groups is 1. The second-order valence-corrected chi connectivity index (χ2v) is 7.08. The van der Waals surface area contributed by atoms with Crippen molar-refractivity contribution in [2.45, 2.75) is 57.5 Å². The van der Waals surface area contributed by atoms with Gasteiger partial charge in [-0.3, -0.25) is 4.79 Å². The molecule has 0 aromatic carbocycles. The average Bonchev–Trinajstić information content (AvgIpc) is 3.16. The summed E-state index contributed by atoms with van der Waals surface area (Å²) in [5, 5.41) is 12.3. The van der Waals surface area contributed by atoms with Gasteiger partial charge in [0.15, 0.2) is 0 Å². The number of amides is 1. The Kier molecular flexibility index (Phi) is 7.18. The van der Waals surface area contributed by atoms with Crippen molar-refractivity contribution in [2.24, 2.45) is 11.7 Å². The lowest BCUT2D eigenvalue weighted by atomic mass is 9.94. The van der Waals surface area contributed by atoms with Crippen molar-refractivity contribution in [1.82, 2.24) is 5.32 Å². The van der Waals surface area contributed by atoms with E-state index in [1.807, 2.05) is 18.7 Å². The molecule has 0 saturated heterocycles. The van der Waals surface area contributed by atoms with E-state index in [4.69, 9.17) is 10.8 Å². The van der Waals surface area contributed by atoms with Crippen LogP contribution >= 0.6 is 11.8 Å². The fourth-order valence-electron chi connectivity index (χ4n) is 1.96. The number of hydrogen-bond donors (Lipinski definition) is 3. The summed E-state index contributed by atoms with van der Waals surface area (Å²) in [4.78, 5) is 11.6. The summed E-state index contributed by atoms with van der Waals surface area (Å²) >= 11 is 1.87. The summed E-state index contributed by atoms with van der Waals surface area (Å²) in [7, 11) is 0. The zero-order chi connectivity index (χ0) is 14.3. The highest BCUT2D eigenvalue weighted by Crippen LogP contribution is 2.25. The number of primary amides is 1. The second kappa shape index (κ2) is 8.12. The predicted octanol–water partition coefficient (Wildman–Crippen LogP) is 1.51. The van der Waals surface area contributed by atoms with Crippen molar-refractivity contribution in [1.29, 1.82) is 0 Å². The number of unbranched alkanes of at least 4 members (excludes halogenated alkanes) is 1. The molecule has 4 N–H and O–H groups in total. The van der Waals surface area contributed by atoms with Crippen LogP contribution in [-0.2, 0) is 4.79 Å². The molecule has 1 aliphatic carbocycles. The van der Waals surface area contributed by atoms with E-state index in [1.165, 1.54) is 0 Å². The lowest BCUT2D eigenvalue weighted by molar-refractivity contribution is -0.124. The number of carbonyl (C=O) groups excluding carboxylic acids is 1. The van der Waals surface area contributed by atoms with Crippen LogP contribution in [0.4, 0.5) is 0 Å². The molecule has 1 fully saturated rings. The topological polar surface area (TPSA) is 75.3 Å². The van der Waals surface area contributed by atoms with E-state index in [0.717, 1.165) is 43.6 Å². The number of nitrogens with one attached hydrogen (secondary N) is 1. The summed E-state index contributed by atoms with van der Waals surface area (Å²) < 4.78 is 0. The van der Waals surface area contributed by atoms with E-state index in [2.05, 4.69) is 12.2 Å². The maximum Gasteiger partial charge on any atom is 0.237 e. The van der Waals surface area contributed by atoms with Crippen LogP contribution in [-0.4, -0.2) is 40.7 Å². The number of carbonyl (C=O) groups is 1. The maximum absolute atomic E-state index is 11.6. The molecule has 0 spiro atoms. The fraction of sp³-hybridized carbons (Fsp3) is 0.929. The molecule has 2 atom stereocenters. The highest BCUT2D eigenvalue weighted by molar-refractivity contribution is 7.99. The molecule has 112 valence electrons. The monoisotopic (exact) mass is 288 g/mol. The van der Waals surface area contributed by atoms with Gasteiger partial charge in [-0.25, -0.2) is 0 Å². The Bertz CT molecular complexity index is 285. The first-order valence-electron chi connectivity index (χ1n) is 7.24. The number of rotatable bonds is 11. The van der Waals surface area contributed by atoms with Gasteiger partial charge in [0.1, 0.15) is 0 Å². The molecule has 4 nitrogen and oxygen atoms in total. The molecule has 2 unspecified atom stereocenters. The molecule has 0 heterocycles. The van der Waals surface area contributed by atoms with Crippen LogP contribution in [0.5, 0.6) is 0 Å². The molecule has 0 aliphatic heterocycles. The van der Waals surface area contributed by atoms with E-state index in [0.29, 0.717) is 12.0 Å². The zero-order valence-corrected chi connectivity index (χ0v) is 13.0. The molecule has 0 aromatic rings. The van der Waals surface area contributed by atoms with Crippen LogP contribution in [0.1, 0.15) is 46.0 Å². The number of thioether (sulfide) groups is 1. The minimum Gasteiger partial charge on any atom is -0.396 e. The Balaban J connectivity index is 2.12. The number of hydrogen-bond acceptors (Lipinski definition) is 4. The summed E-state index contributed by atoms with van der Waals surface area (Å²) in [5.74, 6) is 2.23. The Morgan fingerprint density at radius 1 is 1.53 bits per heavy atom. The molecular formula is C14H28N2O2S. The third-order valence-corrected chi connectivity index (χ3v) is 4.96. The highest BCUT2D eigenvalue weighted by Gasteiger charge is 2.36. The van der Waals surface area contributed by atoms with Crippen molar-refractivity contribution in [3.8, 4) is 0 Å². The van der Waals surface area contributed by atoms with Gasteiger partial charge < -0.3 is 16.2 Å². The van der Waals surface area contributed by atoms with Gasteiger partial charge >= 0.3 is 0 Å². The van der Waals surface area contributed by atoms with E-state index in [9.17, 15) is 4.79 Å². The van der Waals surface area contributed by atoms with Gasteiger partial charge in [-0.15, -0.1) is 0 Å². The van der Waals surface area contributed by atoms with E-state index < -0.39 is 5.54 Å². The summed E-state index contributed by atoms with van der Waals surface area (Å²) in [6.07, 6.45) is 5.25. The summed E-state index contributed by atoms with van der Waals surface area (Å²) in [5.41, 5.74) is 4.97. The van der Waals surface area contributed by atoms with Crippen LogP contribution in [0.25, 0.3) is 0 Å². The van der Waals surface area contributed by atoms with E-state index >= 15 is 0 Å². The van der Waals surface area contributed by atoms with Gasteiger partial charge in [-0.05, 0) is 50.0 Å². The fourth-order valence-corrected chi connectivity index (χ4v) is 3.05. The van der Waals surface area contributed by atoms with Gasteiger partial charge in [0.25, 0.3) is 0 Å². The Labute approximate surface area is 120 Å². The SMILES string of the molecule is CC(CO)CSCCCCC(C)(NC1CC1)C(N)=O. The molecule has 19 heavy (non-hydrogen) atoms. The lowest BCUT2D eigenvalue weighted by Crippen LogP contribution is -2.53. The van der Waals surface area contributed by atoms with E-state index in [1.54, 1.807) is 0 Å². The zero-order valence-electron chi connectivity index (χ0n) is 12.2. The van der Waals surface area contributed by atoms with Crippen LogP contribution < -0.4 is 11.1 Å². The standard InChI is InChI=1S/C14H28N2O2S/c1-11(9-17)10-19-8-4-3-7-14(2,13(15)18)16-12-5-6-12/h11-12,16-17H,3-10H2,1-2H3,(H2,15,18). The van der Waals surface area contributed by atoms with Crippen molar-refractivity contribution >= 4 is 17.7 Å². The Morgan fingerprint density at radius 2 is 2.21 bits per heavy atom. The molecule has 0 bridgehead atoms. The molecule has 1 saturated carbocycles. The van der Waals surface area contributed by atoms with E-state index in [-0.39, 0.29) is 12.5 Å². The third-order valence-electron chi connectivity index (χ3n) is 3.57. The quantitative estimate of drug-likeness (QED) is 0.504. The third kappa shape index (κ3) is 6.63. The first kappa shape index (κ1) is 16.8. The molecule has 1 amide bonds. The van der Waals surface area contributed by atoms with Gasteiger partial charge in [-0.1, -0.05) is 13.3 Å². The van der Waals surface area contributed by atoms with Crippen molar-refractivity contribution in [2.75, 3.05) is 18.1 Å². The Hall–Kier alpha value is -0.260. The highest BCUT2D eigenvalue weighted by atomic mass is 32.2. The molecule has 1 aliphatic rings. The lowest BCUT2D eigenvalue weighted by Gasteiger charge is -2.27.